The molecule has 0 spiro atoms. The van der Waals surface area contributed by atoms with Crippen LogP contribution < -0.4 is 10.1 Å². The molecule has 3 rings (SSSR count). The first kappa shape index (κ1) is 17.5. The summed E-state index contributed by atoms with van der Waals surface area (Å²) >= 11 is 0. The van der Waals surface area contributed by atoms with Crippen molar-refractivity contribution in [2.75, 3.05) is 6.61 Å². The molecule has 0 unspecified atom stereocenters. The van der Waals surface area contributed by atoms with Crippen LogP contribution in [0.15, 0.2) is 51.7 Å². The van der Waals surface area contributed by atoms with Gasteiger partial charge in [0.1, 0.15) is 0 Å². The Kier molecular flexibility index (Phi) is 4.92. The summed E-state index contributed by atoms with van der Waals surface area (Å²) in [6.45, 7) is -1.57. The molecule has 0 aromatic carbocycles. The second kappa shape index (κ2) is 7.30. The Morgan fingerprint density at radius 3 is 2.81 bits per heavy atom. The molecule has 0 radical (unpaired) electrons. The van der Waals surface area contributed by atoms with E-state index in [9.17, 15) is 18.0 Å². The molecular weight excluding hydrogens is 355 g/mol. The molecule has 26 heavy (non-hydrogen) atoms. The van der Waals surface area contributed by atoms with E-state index >= 15 is 0 Å². The third-order valence-corrected chi connectivity index (χ3v) is 3.17. The van der Waals surface area contributed by atoms with E-state index in [4.69, 9.17) is 8.94 Å². The van der Waals surface area contributed by atoms with Crippen molar-refractivity contribution in [2.45, 2.75) is 12.7 Å². The number of carbonyl (C=O) groups is 1. The Bertz CT molecular complexity index is 875. The van der Waals surface area contributed by atoms with Gasteiger partial charge in [0.15, 0.2) is 18.1 Å². The van der Waals surface area contributed by atoms with E-state index < -0.39 is 18.7 Å². The normalized spacial score (nSPS) is 11.3. The van der Waals surface area contributed by atoms with Gasteiger partial charge in [0, 0.05) is 24.4 Å². The third kappa shape index (κ3) is 4.41. The van der Waals surface area contributed by atoms with Crippen LogP contribution >= 0.6 is 0 Å². The summed E-state index contributed by atoms with van der Waals surface area (Å²) in [5.74, 6) is -0.0962. The number of carbonyl (C=O) groups excluding carboxylic acids is 1. The fraction of sp³-hybridized carbons (Fsp3) is 0.188. The molecule has 10 heteroatoms. The molecule has 0 atom stereocenters. The largest absolute Gasteiger partial charge is 0.468 e. The standard InChI is InChI=1S/C16H12F3N3O4/c17-16(18,19)9-25-15-10(3-1-5-20-15)8-21-14(23)11-7-13(26-22-11)12-4-2-6-24-12/h1-7H,8-9H2,(H,21,23). The predicted octanol–water partition coefficient (Wildman–Crippen LogP) is 3.20. The number of pyridine rings is 1. The number of hydrogen-bond donors (Lipinski definition) is 1. The van der Waals surface area contributed by atoms with Crippen molar-refractivity contribution in [2.24, 2.45) is 0 Å². The summed E-state index contributed by atoms with van der Waals surface area (Å²) in [6.07, 6.45) is -1.74. The van der Waals surface area contributed by atoms with E-state index in [1.165, 1.54) is 30.7 Å². The summed E-state index contributed by atoms with van der Waals surface area (Å²) in [5, 5.41) is 6.15. The Hall–Kier alpha value is -3.30. The lowest BCUT2D eigenvalue weighted by atomic mass is 10.2. The second-order valence-electron chi connectivity index (χ2n) is 5.11. The highest BCUT2D eigenvalue weighted by Crippen LogP contribution is 2.21. The molecule has 0 saturated heterocycles. The summed E-state index contributed by atoms with van der Waals surface area (Å²) in [4.78, 5) is 15.9. The van der Waals surface area contributed by atoms with Gasteiger partial charge in [-0.25, -0.2) is 4.98 Å². The Morgan fingerprint density at radius 2 is 2.08 bits per heavy atom. The summed E-state index contributed by atoms with van der Waals surface area (Å²) in [5.41, 5.74) is 0.290. The number of halogens is 3. The number of rotatable bonds is 6. The van der Waals surface area contributed by atoms with Gasteiger partial charge in [-0.05, 0) is 18.2 Å². The van der Waals surface area contributed by atoms with Crippen molar-refractivity contribution in [3.63, 3.8) is 0 Å². The molecule has 0 saturated carbocycles. The average molecular weight is 367 g/mol. The number of alkyl halides is 3. The number of nitrogens with zero attached hydrogens (tertiary/aromatic N) is 2. The zero-order valence-electron chi connectivity index (χ0n) is 13.1. The van der Waals surface area contributed by atoms with Gasteiger partial charge in [0.2, 0.25) is 11.6 Å². The minimum atomic E-state index is -4.49. The molecule has 7 nitrogen and oxygen atoms in total. The highest BCUT2D eigenvalue weighted by atomic mass is 19.4. The molecule has 1 N–H and O–H groups in total. The molecule has 3 aromatic heterocycles. The molecule has 0 aliphatic carbocycles. The van der Waals surface area contributed by atoms with Crippen molar-refractivity contribution >= 4 is 5.91 Å². The van der Waals surface area contributed by atoms with E-state index in [1.807, 2.05) is 0 Å². The van der Waals surface area contributed by atoms with Crippen LogP contribution in [-0.2, 0) is 6.54 Å². The quantitative estimate of drug-likeness (QED) is 0.720. The van der Waals surface area contributed by atoms with Crippen LogP contribution in [0, 0.1) is 0 Å². The molecule has 0 fully saturated rings. The van der Waals surface area contributed by atoms with Crippen molar-refractivity contribution in [1.82, 2.24) is 15.5 Å². The minimum Gasteiger partial charge on any atom is -0.468 e. The summed E-state index contributed by atoms with van der Waals surface area (Å²) in [6, 6.07) is 7.70. The van der Waals surface area contributed by atoms with E-state index in [1.54, 1.807) is 12.1 Å². The first-order valence-electron chi connectivity index (χ1n) is 7.34. The Labute approximate surface area is 144 Å². The predicted molar refractivity (Wildman–Crippen MR) is 81.2 cm³/mol. The first-order valence-corrected chi connectivity index (χ1v) is 7.34. The maximum atomic E-state index is 12.3. The van der Waals surface area contributed by atoms with Crippen LogP contribution in [0.4, 0.5) is 13.2 Å². The van der Waals surface area contributed by atoms with Gasteiger partial charge in [-0.15, -0.1) is 0 Å². The summed E-state index contributed by atoms with van der Waals surface area (Å²) in [7, 11) is 0. The molecule has 0 aliphatic rings. The van der Waals surface area contributed by atoms with Crippen molar-refractivity contribution in [3.05, 3.63) is 54.0 Å². The van der Waals surface area contributed by atoms with Gasteiger partial charge in [0.05, 0.1) is 6.26 Å². The van der Waals surface area contributed by atoms with Crippen LogP contribution in [-0.4, -0.2) is 28.8 Å². The average Bonchev–Trinajstić information content (AvgIpc) is 3.28. The SMILES string of the molecule is O=C(NCc1cccnc1OCC(F)(F)F)c1cc(-c2ccco2)on1. The topological polar surface area (TPSA) is 90.4 Å². The number of nitrogens with one attached hydrogen (secondary N) is 1. The van der Waals surface area contributed by atoms with Gasteiger partial charge >= 0.3 is 6.18 Å². The van der Waals surface area contributed by atoms with Crippen molar-refractivity contribution < 1.29 is 31.6 Å². The fourth-order valence-electron chi connectivity index (χ4n) is 2.02. The van der Waals surface area contributed by atoms with E-state index in [-0.39, 0.29) is 23.9 Å². The molecule has 3 heterocycles. The molecule has 3 aromatic rings. The number of amides is 1. The minimum absolute atomic E-state index is 0.00181. The van der Waals surface area contributed by atoms with Crippen molar-refractivity contribution in [1.29, 1.82) is 0 Å². The lowest BCUT2D eigenvalue weighted by Gasteiger charge is -2.12. The first-order chi connectivity index (χ1) is 12.4. The second-order valence-corrected chi connectivity index (χ2v) is 5.11. The molecule has 0 aliphatic heterocycles. The van der Waals surface area contributed by atoms with Crippen molar-refractivity contribution in [3.8, 4) is 17.4 Å². The zero-order chi connectivity index (χ0) is 18.6. The monoisotopic (exact) mass is 367 g/mol. The summed E-state index contributed by atoms with van der Waals surface area (Å²) < 4.78 is 51.6. The van der Waals surface area contributed by atoms with Gasteiger partial charge < -0.3 is 19.0 Å². The third-order valence-electron chi connectivity index (χ3n) is 3.17. The lowest BCUT2D eigenvalue weighted by molar-refractivity contribution is -0.154. The Morgan fingerprint density at radius 1 is 1.23 bits per heavy atom. The van der Waals surface area contributed by atoms with E-state index in [0.29, 0.717) is 11.3 Å². The zero-order valence-corrected chi connectivity index (χ0v) is 13.1. The highest BCUT2D eigenvalue weighted by Gasteiger charge is 2.29. The van der Waals surface area contributed by atoms with Gasteiger partial charge in [-0.3, -0.25) is 4.79 Å². The number of hydrogen-bond acceptors (Lipinski definition) is 6. The molecule has 136 valence electrons. The molecule has 0 bridgehead atoms. The maximum Gasteiger partial charge on any atom is 0.422 e. The highest BCUT2D eigenvalue weighted by molar-refractivity contribution is 5.92. The smallest absolute Gasteiger partial charge is 0.422 e. The van der Waals surface area contributed by atoms with Crippen LogP contribution in [0.1, 0.15) is 16.1 Å². The lowest BCUT2D eigenvalue weighted by Crippen LogP contribution is -2.24. The Balaban J connectivity index is 1.63. The van der Waals surface area contributed by atoms with E-state index in [2.05, 4.69) is 20.2 Å². The van der Waals surface area contributed by atoms with Crippen LogP contribution in [0.5, 0.6) is 5.88 Å². The number of furan rings is 1. The number of aromatic nitrogens is 2. The van der Waals surface area contributed by atoms with E-state index in [0.717, 1.165) is 0 Å². The molecule has 1 amide bonds. The van der Waals surface area contributed by atoms with Crippen LogP contribution in [0.3, 0.4) is 0 Å². The van der Waals surface area contributed by atoms with Gasteiger partial charge in [-0.2, -0.15) is 13.2 Å². The number of ether oxygens (including phenoxy) is 1. The van der Waals surface area contributed by atoms with Gasteiger partial charge in [-0.1, -0.05) is 11.2 Å². The fourth-order valence-corrected chi connectivity index (χ4v) is 2.02. The maximum absolute atomic E-state index is 12.3. The molecular formula is C16H12F3N3O4. The van der Waals surface area contributed by atoms with Crippen LogP contribution in [0.2, 0.25) is 0 Å². The van der Waals surface area contributed by atoms with Crippen LogP contribution in [0.25, 0.3) is 11.5 Å². The van der Waals surface area contributed by atoms with Gasteiger partial charge in [0.25, 0.3) is 5.91 Å².